The SMILES string of the molecule is Cc1nccn1C1(C(=O)O)CCN(c2ncnc3[nH]ccc23)CC1. The molecule has 0 radical (unpaired) electrons. The fourth-order valence-corrected chi connectivity index (χ4v) is 3.59. The van der Waals surface area contributed by atoms with Gasteiger partial charge in [-0.1, -0.05) is 0 Å². The zero-order chi connectivity index (χ0) is 16.7. The van der Waals surface area contributed by atoms with Gasteiger partial charge >= 0.3 is 5.97 Å². The van der Waals surface area contributed by atoms with Crippen LogP contribution in [0, 0.1) is 6.92 Å². The zero-order valence-corrected chi connectivity index (χ0v) is 13.3. The average molecular weight is 326 g/mol. The van der Waals surface area contributed by atoms with Crippen LogP contribution in [0.1, 0.15) is 18.7 Å². The van der Waals surface area contributed by atoms with Gasteiger partial charge in [-0.2, -0.15) is 0 Å². The minimum atomic E-state index is -0.943. The predicted molar refractivity (Wildman–Crippen MR) is 87.9 cm³/mol. The molecule has 3 aromatic rings. The lowest BCUT2D eigenvalue weighted by Gasteiger charge is -2.40. The van der Waals surface area contributed by atoms with Gasteiger partial charge in [-0.05, 0) is 25.8 Å². The largest absolute Gasteiger partial charge is 0.479 e. The van der Waals surface area contributed by atoms with E-state index in [9.17, 15) is 9.90 Å². The molecule has 0 spiro atoms. The number of aromatic amines is 1. The third kappa shape index (κ3) is 2.06. The Morgan fingerprint density at radius 2 is 2.08 bits per heavy atom. The van der Waals surface area contributed by atoms with Crippen LogP contribution in [0.2, 0.25) is 0 Å². The van der Waals surface area contributed by atoms with Crippen LogP contribution in [0.25, 0.3) is 11.0 Å². The van der Waals surface area contributed by atoms with E-state index < -0.39 is 11.5 Å². The highest BCUT2D eigenvalue weighted by Crippen LogP contribution is 2.34. The van der Waals surface area contributed by atoms with E-state index in [0.717, 1.165) is 22.7 Å². The Balaban J connectivity index is 1.65. The molecule has 3 aromatic heterocycles. The molecule has 0 saturated carbocycles. The number of carboxylic acid groups (broad SMARTS) is 1. The second-order valence-corrected chi connectivity index (χ2v) is 6.11. The number of nitrogens with one attached hydrogen (secondary N) is 1. The number of aromatic nitrogens is 5. The summed E-state index contributed by atoms with van der Waals surface area (Å²) in [6.45, 7) is 3.06. The van der Waals surface area contributed by atoms with Crippen LogP contribution in [0.15, 0.2) is 31.0 Å². The minimum absolute atomic E-state index is 0.495. The van der Waals surface area contributed by atoms with Gasteiger partial charge in [-0.15, -0.1) is 0 Å². The molecule has 8 nitrogen and oxygen atoms in total. The minimum Gasteiger partial charge on any atom is -0.479 e. The molecule has 4 heterocycles. The maximum Gasteiger partial charge on any atom is 0.330 e. The van der Waals surface area contributed by atoms with Gasteiger partial charge in [0.15, 0.2) is 0 Å². The number of anilines is 1. The van der Waals surface area contributed by atoms with Gasteiger partial charge in [-0.25, -0.2) is 19.7 Å². The van der Waals surface area contributed by atoms with Crippen molar-refractivity contribution in [1.82, 2.24) is 24.5 Å². The molecule has 0 atom stereocenters. The van der Waals surface area contributed by atoms with E-state index in [1.54, 1.807) is 17.0 Å². The van der Waals surface area contributed by atoms with Crippen LogP contribution in [0.3, 0.4) is 0 Å². The van der Waals surface area contributed by atoms with Crippen LogP contribution >= 0.6 is 0 Å². The van der Waals surface area contributed by atoms with Crippen molar-refractivity contribution >= 4 is 22.8 Å². The summed E-state index contributed by atoms with van der Waals surface area (Å²) in [6.07, 6.45) is 7.77. The molecule has 4 rings (SSSR count). The molecule has 1 aliphatic heterocycles. The van der Waals surface area contributed by atoms with Gasteiger partial charge in [0, 0.05) is 31.7 Å². The number of rotatable bonds is 3. The molecule has 0 unspecified atom stereocenters. The lowest BCUT2D eigenvalue weighted by molar-refractivity contribution is -0.149. The number of hydrogen-bond acceptors (Lipinski definition) is 5. The summed E-state index contributed by atoms with van der Waals surface area (Å²) in [5, 5.41) is 10.8. The van der Waals surface area contributed by atoms with Crippen molar-refractivity contribution in [3.63, 3.8) is 0 Å². The Kier molecular flexibility index (Phi) is 3.26. The molecular weight excluding hydrogens is 308 g/mol. The summed E-state index contributed by atoms with van der Waals surface area (Å²) in [7, 11) is 0. The standard InChI is InChI=1S/C16H18N6O2/c1-11-17-6-9-22(11)16(15(23)24)3-7-21(8-4-16)14-12-2-5-18-13(12)19-10-20-14/h2,5-6,9-10H,3-4,7-8H2,1H3,(H,23,24)(H,18,19,20). The Labute approximate surface area is 138 Å². The number of carbonyl (C=O) groups is 1. The average Bonchev–Trinajstić information content (AvgIpc) is 3.23. The molecule has 24 heavy (non-hydrogen) atoms. The van der Waals surface area contributed by atoms with Gasteiger partial charge in [-0.3, -0.25) is 0 Å². The first kappa shape index (κ1) is 14.7. The number of piperidine rings is 1. The van der Waals surface area contributed by atoms with E-state index in [-0.39, 0.29) is 0 Å². The highest BCUT2D eigenvalue weighted by molar-refractivity contribution is 5.87. The van der Waals surface area contributed by atoms with Crippen LogP contribution in [0.4, 0.5) is 5.82 Å². The normalized spacial score (nSPS) is 17.3. The highest BCUT2D eigenvalue weighted by Gasteiger charge is 2.44. The van der Waals surface area contributed by atoms with Crippen LogP contribution in [0.5, 0.6) is 0 Å². The van der Waals surface area contributed by atoms with Crippen LogP contribution in [-0.2, 0) is 10.3 Å². The number of aryl methyl sites for hydroxylation is 1. The lowest BCUT2D eigenvalue weighted by atomic mass is 9.87. The summed E-state index contributed by atoms with van der Waals surface area (Å²) < 4.78 is 1.79. The molecule has 0 bridgehead atoms. The number of fused-ring (bicyclic) bond motifs is 1. The van der Waals surface area contributed by atoms with Crippen molar-refractivity contribution in [2.45, 2.75) is 25.3 Å². The van der Waals surface area contributed by atoms with E-state index in [2.05, 4.69) is 24.8 Å². The highest BCUT2D eigenvalue weighted by atomic mass is 16.4. The maximum atomic E-state index is 12.0. The van der Waals surface area contributed by atoms with Crippen molar-refractivity contribution < 1.29 is 9.90 Å². The second-order valence-electron chi connectivity index (χ2n) is 6.11. The zero-order valence-electron chi connectivity index (χ0n) is 13.3. The Morgan fingerprint density at radius 1 is 1.29 bits per heavy atom. The lowest BCUT2D eigenvalue weighted by Crippen LogP contribution is -2.51. The Hall–Kier alpha value is -2.90. The van der Waals surface area contributed by atoms with E-state index in [1.807, 2.05) is 19.2 Å². The summed E-state index contributed by atoms with van der Waals surface area (Å²) >= 11 is 0. The number of hydrogen-bond donors (Lipinski definition) is 2. The van der Waals surface area contributed by atoms with Gasteiger partial charge in [0.25, 0.3) is 0 Å². The fourth-order valence-electron chi connectivity index (χ4n) is 3.59. The summed E-state index contributed by atoms with van der Waals surface area (Å²) in [6, 6.07) is 1.95. The van der Waals surface area contributed by atoms with Crippen molar-refractivity contribution in [1.29, 1.82) is 0 Å². The molecule has 124 valence electrons. The summed E-state index contributed by atoms with van der Waals surface area (Å²) in [5.74, 6) is 0.765. The van der Waals surface area contributed by atoms with Crippen molar-refractivity contribution in [3.05, 3.63) is 36.8 Å². The third-order valence-corrected chi connectivity index (χ3v) is 4.91. The van der Waals surface area contributed by atoms with Crippen molar-refractivity contribution in [2.75, 3.05) is 18.0 Å². The molecular formula is C16H18N6O2. The molecule has 0 amide bonds. The molecule has 1 aliphatic rings. The molecule has 1 saturated heterocycles. The Morgan fingerprint density at radius 3 is 2.75 bits per heavy atom. The number of carboxylic acids is 1. The molecule has 1 fully saturated rings. The van der Waals surface area contributed by atoms with Crippen LogP contribution in [-0.4, -0.2) is 48.7 Å². The van der Waals surface area contributed by atoms with Crippen molar-refractivity contribution in [3.8, 4) is 0 Å². The fraction of sp³-hybridized carbons (Fsp3) is 0.375. The monoisotopic (exact) mass is 326 g/mol. The number of aliphatic carboxylic acids is 1. The summed E-state index contributed by atoms with van der Waals surface area (Å²) in [5.41, 5.74) is -0.151. The number of nitrogens with zero attached hydrogens (tertiary/aromatic N) is 5. The quantitative estimate of drug-likeness (QED) is 0.757. The summed E-state index contributed by atoms with van der Waals surface area (Å²) in [4.78, 5) is 30.1. The molecule has 0 aliphatic carbocycles. The van der Waals surface area contributed by atoms with Gasteiger partial charge < -0.3 is 19.6 Å². The van der Waals surface area contributed by atoms with E-state index in [1.165, 1.54) is 6.33 Å². The second kappa shape index (κ2) is 5.33. The predicted octanol–water partition coefficient (Wildman–Crippen LogP) is 1.54. The first-order chi connectivity index (χ1) is 11.6. The number of imidazole rings is 1. The molecule has 8 heteroatoms. The molecule has 0 aromatic carbocycles. The number of H-pyrrole nitrogens is 1. The van der Waals surface area contributed by atoms with E-state index in [0.29, 0.717) is 25.9 Å². The van der Waals surface area contributed by atoms with Gasteiger partial charge in [0.2, 0.25) is 0 Å². The smallest absolute Gasteiger partial charge is 0.330 e. The topological polar surface area (TPSA) is 99.9 Å². The molecule has 2 N–H and O–H groups in total. The van der Waals surface area contributed by atoms with E-state index >= 15 is 0 Å². The maximum absolute atomic E-state index is 12.0. The third-order valence-electron chi connectivity index (χ3n) is 4.91. The first-order valence-electron chi connectivity index (χ1n) is 7.89. The Bertz CT molecular complexity index is 891. The first-order valence-corrected chi connectivity index (χ1v) is 7.89. The van der Waals surface area contributed by atoms with E-state index in [4.69, 9.17) is 0 Å². The van der Waals surface area contributed by atoms with Gasteiger partial charge in [0.05, 0.1) is 5.39 Å². The van der Waals surface area contributed by atoms with Crippen LogP contribution < -0.4 is 4.90 Å². The van der Waals surface area contributed by atoms with Crippen molar-refractivity contribution in [2.24, 2.45) is 0 Å². The van der Waals surface area contributed by atoms with Gasteiger partial charge in [0.1, 0.15) is 29.2 Å².